The van der Waals surface area contributed by atoms with Crippen molar-refractivity contribution in [3.05, 3.63) is 72.4 Å². The summed E-state index contributed by atoms with van der Waals surface area (Å²) in [6.45, 7) is 12.8. The molecule has 0 saturated carbocycles. The van der Waals surface area contributed by atoms with E-state index in [0.29, 0.717) is 0 Å². The molecule has 118 valence electrons. The Morgan fingerprint density at radius 2 is 1.74 bits per heavy atom. The molecule has 0 bridgehead atoms. The standard InChI is InChI=1S/C21H24N2/c1-15(2)23(17-9-7-6-8-10-17)18-11-12-20-19(13-18)16(3)14-21(4,5)22-20/h6-14,22H,1H2,2-5H3. The van der Waals surface area contributed by atoms with Crippen LogP contribution in [-0.4, -0.2) is 5.54 Å². The van der Waals surface area contributed by atoms with Gasteiger partial charge in [0.1, 0.15) is 0 Å². The van der Waals surface area contributed by atoms with Gasteiger partial charge in [-0.1, -0.05) is 30.9 Å². The van der Waals surface area contributed by atoms with Gasteiger partial charge in [0.15, 0.2) is 0 Å². The lowest BCUT2D eigenvalue weighted by Crippen LogP contribution is -2.31. The van der Waals surface area contributed by atoms with Gasteiger partial charge >= 0.3 is 0 Å². The van der Waals surface area contributed by atoms with Gasteiger partial charge in [0.2, 0.25) is 0 Å². The molecule has 1 N–H and O–H groups in total. The predicted octanol–water partition coefficient (Wildman–Crippen LogP) is 5.97. The van der Waals surface area contributed by atoms with E-state index in [1.165, 1.54) is 16.8 Å². The monoisotopic (exact) mass is 304 g/mol. The van der Waals surface area contributed by atoms with Crippen molar-refractivity contribution < 1.29 is 0 Å². The Morgan fingerprint density at radius 3 is 2.39 bits per heavy atom. The van der Waals surface area contributed by atoms with E-state index < -0.39 is 0 Å². The number of fused-ring (bicyclic) bond motifs is 1. The van der Waals surface area contributed by atoms with Crippen LogP contribution in [0.2, 0.25) is 0 Å². The van der Waals surface area contributed by atoms with Crippen LogP contribution in [0.1, 0.15) is 33.3 Å². The van der Waals surface area contributed by atoms with Gasteiger partial charge in [-0.2, -0.15) is 0 Å². The molecule has 3 rings (SSSR count). The highest BCUT2D eigenvalue weighted by Gasteiger charge is 2.23. The predicted molar refractivity (Wildman–Crippen MR) is 101 cm³/mol. The molecule has 1 heterocycles. The van der Waals surface area contributed by atoms with Crippen LogP contribution in [0, 0.1) is 0 Å². The smallest absolute Gasteiger partial charge is 0.0505 e. The Hall–Kier alpha value is -2.48. The number of anilines is 3. The number of rotatable bonds is 3. The van der Waals surface area contributed by atoms with Crippen LogP contribution in [0.15, 0.2) is 66.9 Å². The van der Waals surface area contributed by atoms with E-state index >= 15 is 0 Å². The van der Waals surface area contributed by atoms with Crippen molar-refractivity contribution in [1.82, 2.24) is 0 Å². The van der Waals surface area contributed by atoms with Gasteiger partial charge in [0, 0.05) is 28.3 Å². The van der Waals surface area contributed by atoms with Gasteiger partial charge in [-0.3, -0.25) is 0 Å². The third-order valence-electron chi connectivity index (χ3n) is 4.12. The van der Waals surface area contributed by atoms with E-state index in [9.17, 15) is 0 Å². The van der Waals surface area contributed by atoms with E-state index in [0.717, 1.165) is 17.1 Å². The highest BCUT2D eigenvalue weighted by Crippen LogP contribution is 2.38. The van der Waals surface area contributed by atoms with E-state index in [4.69, 9.17) is 0 Å². The summed E-state index contributed by atoms with van der Waals surface area (Å²) >= 11 is 0. The zero-order valence-electron chi connectivity index (χ0n) is 14.4. The Morgan fingerprint density at radius 1 is 1.04 bits per heavy atom. The second kappa shape index (κ2) is 5.62. The Balaban J connectivity index is 2.08. The van der Waals surface area contributed by atoms with Crippen molar-refractivity contribution in [2.45, 2.75) is 33.2 Å². The molecule has 0 amide bonds. The van der Waals surface area contributed by atoms with Crippen molar-refractivity contribution in [1.29, 1.82) is 0 Å². The first-order valence-corrected chi connectivity index (χ1v) is 8.00. The average molecular weight is 304 g/mol. The van der Waals surface area contributed by atoms with Crippen molar-refractivity contribution in [3.63, 3.8) is 0 Å². The molecular weight excluding hydrogens is 280 g/mol. The lowest BCUT2D eigenvalue weighted by Gasteiger charge is -2.33. The lowest BCUT2D eigenvalue weighted by molar-refractivity contribution is 0.707. The molecule has 0 aliphatic carbocycles. The van der Waals surface area contributed by atoms with Gasteiger partial charge in [0.05, 0.1) is 5.54 Å². The molecular formula is C21H24N2. The van der Waals surface area contributed by atoms with Gasteiger partial charge < -0.3 is 10.2 Å². The maximum atomic E-state index is 4.16. The zero-order valence-corrected chi connectivity index (χ0v) is 14.4. The number of benzene rings is 2. The van der Waals surface area contributed by atoms with Crippen LogP contribution in [-0.2, 0) is 0 Å². The van der Waals surface area contributed by atoms with E-state index in [1.54, 1.807) is 0 Å². The molecule has 0 unspecified atom stereocenters. The van der Waals surface area contributed by atoms with Crippen LogP contribution in [0.25, 0.3) is 5.57 Å². The summed E-state index contributed by atoms with van der Waals surface area (Å²) in [5.41, 5.74) is 7.01. The SMILES string of the molecule is C=C(C)N(c1ccccc1)c1ccc2c(c1)C(C)=CC(C)(C)N2. The topological polar surface area (TPSA) is 15.3 Å². The van der Waals surface area contributed by atoms with Crippen molar-refractivity contribution in [2.24, 2.45) is 0 Å². The highest BCUT2D eigenvalue weighted by molar-refractivity contribution is 5.84. The first kappa shape index (κ1) is 15.4. The number of hydrogen-bond donors (Lipinski definition) is 1. The van der Waals surface area contributed by atoms with E-state index in [2.05, 4.69) is 86.1 Å². The van der Waals surface area contributed by atoms with Crippen LogP contribution < -0.4 is 10.2 Å². The van der Waals surface area contributed by atoms with Gasteiger partial charge in [-0.15, -0.1) is 0 Å². The van der Waals surface area contributed by atoms with Crippen molar-refractivity contribution in [2.75, 3.05) is 10.2 Å². The number of para-hydroxylation sites is 1. The van der Waals surface area contributed by atoms with Crippen LogP contribution in [0.3, 0.4) is 0 Å². The maximum Gasteiger partial charge on any atom is 0.0505 e. The molecule has 1 aliphatic heterocycles. The fraction of sp³-hybridized carbons (Fsp3) is 0.238. The van der Waals surface area contributed by atoms with Gasteiger partial charge in [-0.05, 0) is 63.6 Å². The number of nitrogens with zero attached hydrogens (tertiary/aromatic N) is 1. The molecule has 0 radical (unpaired) electrons. The second-order valence-electron chi connectivity index (χ2n) is 6.81. The van der Waals surface area contributed by atoms with Crippen molar-refractivity contribution in [3.8, 4) is 0 Å². The van der Waals surface area contributed by atoms with E-state index in [1.807, 2.05) is 13.0 Å². The summed E-state index contributed by atoms with van der Waals surface area (Å²) in [7, 11) is 0. The minimum absolute atomic E-state index is 0.00787. The number of allylic oxidation sites excluding steroid dienone is 2. The third kappa shape index (κ3) is 3.02. The highest BCUT2D eigenvalue weighted by atomic mass is 15.1. The first-order valence-electron chi connectivity index (χ1n) is 8.00. The Bertz CT molecular complexity index is 770. The second-order valence-corrected chi connectivity index (χ2v) is 6.81. The molecule has 0 spiro atoms. The molecule has 1 aliphatic rings. The van der Waals surface area contributed by atoms with E-state index in [-0.39, 0.29) is 5.54 Å². The minimum Gasteiger partial charge on any atom is -0.376 e. The summed E-state index contributed by atoms with van der Waals surface area (Å²) in [6.07, 6.45) is 2.28. The molecule has 2 aromatic carbocycles. The molecule has 0 saturated heterocycles. The fourth-order valence-corrected chi connectivity index (χ4v) is 3.28. The molecule has 0 aromatic heterocycles. The molecule has 2 heteroatoms. The van der Waals surface area contributed by atoms with Crippen LogP contribution in [0.4, 0.5) is 17.1 Å². The van der Waals surface area contributed by atoms with Crippen LogP contribution in [0.5, 0.6) is 0 Å². The summed E-state index contributed by atoms with van der Waals surface area (Å²) in [6, 6.07) is 16.9. The van der Waals surface area contributed by atoms with Gasteiger partial charge in [-0.25, -0.2) is 0 Å². The molecule has 0 atom stereocenters. The molecule has 23 heavy (non-hydrogen) atoms. The zero-order chi connectivity index (χ0) is 16.6. The maximum absolute atomic E-state index is 4.16. The average Bonchev–Trinajstić information content (AvgIpc) is 2.48. The van der Waals surface area contributed by atoms with Gasteiger partial charge in [0.25, 0.3) is 0 Å². The minimum atomic E-state index is -0.00787. The summed E-state index contributed by atoms with van der Waals surface area (Å²) in [4.78, 5) is 2.19. The molecule has 0 fully saturated rings. The summed E-state index contributed by atoms with van der Waals surface area (Å²) in [5, 5.41) is 3.58. The Labute approximate surface area is 139 Å². The lowest BCUT2D eigenvalue weighted by atomic mass is 9.91. The largest absolute Gasteiger partial charge is 0.376 e. The number of hydrogen-bond acceptors (Lipinski definition) is 2. The fourth-order valence-electron chi connectivity index (χ4n) is 3.28. The Kier molecular flexibility index (Phi) is 3.77. The van der Waals surface area contributed by atoms with Crippen molar-refractivity contribution >= 4 is 22.6 Å². The first-order chi connectivity index (χ1) is 10.9. The molecule has 2 aromatic rings. The quantitative estimate of drug-likeness (QED) is 0.752. The number of nitrogens with one attached hydrogen (secondary N) is 1. The summed E-state index contributed by atoms with van der Waals surface area (Å²) in [5.74, 6) is 0. The normalized spacial score (nSPS) is 15.2. The summed E-state index contributed by atoms with van der Waals surface area (Å²) < 4.78 is 0. The molecule has 2 nitrogen and oxygen atoms in total. The third-order valence-corrected chi connectivity index (χ3v) is 4.12. The van der Waals surface area contributed by atoms with Crippen LogP contribution >= 0.6 is 0 Å².